The number of furan rings is 1. The van der Waals surface area contributed by atoms with Crippen LogP contribution in [0.4, 0.5) is 13.2 Å². The molecule has 2 rings (SSSR count). The highest BCUT2D eigenvalue weighted by atomic mass is 79.9. The van der Waals surface area contributed by atoms with E-state index in [9.17, 15) is 18.0 Å². The summed E-state index contributed by atoms with van der Waals surface area (Å²) in [5.41, 5.74) is 0.265. The molecule has 21 heavy (non-hydrogen) atoms. The summed E-state index contributed by atoms with van der Waals surface area (Å²) in [6.07, 6.45) is -2.98. The van der Waals surface area contributed by atoms with E-state index in [-0.39, 0.29) is 12.5 Å². The van der Waals surface area contributed by atoms with E-state index < -0.39 is 11.7 Å². The molecule has 112 valence electrons. The fourth-order valence-corrected chi connectivity index (χ4v) is 2.21. The second-order valence-corrected chi connectivity index (χ2v) is 5.18. The average Bonchev–Trinajstić information content (AvgIpc) is 2.83. The van der Waals surface area contributed by atoms with E-state index in [0.29, 0.717) is 15.8 Å². The molecule has 0 saturated carbocycles. The lowest BCUT2D eigenvalue weighted by atomic mass is 10.1. The van der Waals surface area contributed by atoms with Gasteiger partial charge in [0.25, 0.3) is 5.91 Å². The second kappa shape index (κ2) is 5.93. The Labute approximate surface area is 127 Å². The summed E-state index contributed by atoms with van der Waals surface area (Å²) in [4.78, 5) is 13.5. The van der Waals surface area contributed by atoms with Gasteiger partial charge in [0.05, 0.1) is 17.4 Å². The smallest absolute Gasteiger partial charge is 0.416 e. The van der Waals surface area contributed by atoms with Gasteiger partial charge in [-0.2, -0.15) is 13.2 Å². The molecule has 1 aromatic heterocycles. The van der Waals surface area contributed by atoms with E-state index in [0.717, 1.165) is 12.1 Å². The van der Waals surface area contributed by atoms with Crippen molar-refractivity contribution < 1.29 is 22.4 Å². The van der Waals surface area contributed by atoms with Gasteiger partial charge in [-0.1, -0.05) is 12.1 Å². The van der Waals surface area contributed by atoms with Crippen molar-refractivity contribution in [1.82, 2.24) is 4.90 Å². The maximum Gasteiger partial charge on any atom is 0.416 e. The Morgan fingerprint density at radius 1 is 1.24 bits per heavy atom. The van der Waals surface area contributed by atoms with Gasteiger partial charge in [-0.05, 0) is 39.7 Å². The minimum Gasteiger partial charge on any atom is -0.457 e. The molecule has 0 radical (unpaired) electrons. The quantitative estimate of drug-likeness (QED) is 0.814. The van der Waals surface area contributed by atoms with Crippen LogP contribution in [0.2, 0.25) is 0 Å². The number of rotatable bonds is 3. The van der Waals surface area contributed by atoms with Crippen molar-refractivity contribution >= 4 is 21.8 Å². The Balaban J connectivity index is 2.08. The first-order valence-electron chi connectivity index (χ1n) is 5.93. The SMILES string of the molecule is CN(Cc1ccc(C(F)(F)F)cc1)C(=O)c1ccoc1Br. The van der Waals surface area contributed by atoms with Gasteiger partial charge in [0, 0.05) is 13.6 Å². The van der Waals surface area contributed by atoms with Crippen LogP contribution in [0.15, 0.2) is 45.7 Å². The van der Waals surface area contributed by atoms with E-state index in [1.165, 1.54) is 29.4 Å². The summed E-state index contributed by atoms with van der Waals surface area (Å²) in [6.45, 7) is 0.203. The van der Waals surface area contributed by atoms with Gasteiger partial charge in [0.1, 0.15) is 0 Å². The molecule has 7 heteroatoms. The highest BCUT2D eigenvalue weighted by Crippen LogP contribution is 2.29. The molecule has 2 aromatic rings. The van der Waals surface area contributed by atoms with Gasteiger partial charge in [-0.25, -0.2) is 0 Å². The lowest BCUT2D eigenvalue weighted by Crippen LogP contribution is -2.26. The molecule has 0 N–H and O–H groups in total. The molecule has 0 unspecified atom stereocenters. The fourth-order valence-electron chi connectivity index (χ4n) is 1.80. The first-order chi connectivity index (χ1) is 9.79. The number of alkyl halides is 3. The third-order valence-corrected chi connectivity index (χ3v) is 3.51. The predicted molar refractivity (Wildman–Crippen MR) is 73.6 cm³/mol. The minimum atomic E-state index is -4.36. The van der Waals surface area contributed by atoms with Crippen LogP contribution in [0.25, 0.3) is 0 Å². The molecule has 0 aliphatic heterocycles. The summed E-state index contributed by atoms with van der Waals surface area (Å²) in [5.74, 6) is -0.282. The number of benzene rings is 1. The van der Waals surface area contributed by atoms with Crippen LogP contribution in [0.3, 0.4) is 0 Å². The Hall–Kier alpha value is -1.76. The summed E-state index contributed by atoms with van der Waals surface area (Å²) >= 11 is 3.11. The first kappa shape index (κ1) is 15.6. The average molecular weight is 362 g/mol. The molecule has 0 aliphatic rings. The van der Waals surface area contributed by atoms with Crippen molar-refractivity contribution in [1.29, 1.82) is 0 Å². The molecule has 0 atom stereocenters. The summed E-state index contributed by atoms with van der Waals surface area (Å²) in [6, 6.07) is 6.24. The highest BCUT2D eigenvalue weighted by Gasteiger charge is 2.30. The van der Waals surface area contributed by atoms with Crippen molar-refractivity contribution in [3.8, 4) is 0 Å². The van der Waals surface area contributed by atoms with Crippen LogP contribution in [-0.2, 0) is 12.7 Å². The van der Waals surface area contributed by atoms with Crippen molar-refractivity contribution in [2.45, 2.75) is 12.7 Å². The molecule has 1 heterocycles. The van der Waals surface area contributed by atoms with Crippen LogP contribution in [0, 0.1) is 0 Å². The van der Waals surface area contributed by atoms with Crippen LogP contribution in [0.1, 0.15) is 21.5 Å². The van der Waals surface area contributed by atoms with Crippen molar-refractivity contribution in [2.75, 3.05) is 7.05 Å². The van der Waals surface area contributed by atoms with Gasteiger partial charge in [0.15, 0.2) is 4.67 Å². The van der Waals surface area contributed by atoms with Gasteiger partial charge in [-0.3, -0.25) is 4.79 Å². The van der Waals surface area contributed by atoms with Gasteiger partial charge in [-0.15, -0.1) is 0 Å². The summed E-state index contributed by atoms with van der Waals surface area (Å²) in [7, 11) is 1.57. The largest absolute Gasteiger partial charge is 0.457 e. The molecule has 0 saturated heterocycles. The molecule has 0 fully saturated rings. The topological polar surface area (TPSA) is 33.5 Å². The van der Waals surface area contributed by atoms with Crippen molar-refractivity contribution in [2.24, 2.45) is 0 Å². The number of carbonyl (C=O) groups is 1. The minimum absolute atomic E-state index is 0.203. The first-order valence-corrected chi connectivity index (χ1v) is 6.73. The van der Waals surface area contributed by atoms with Gasteiger partial charge >= 0.3 is 6.18 Å². The Bertz CT molecular complexity index is 634. The summed E-state index contributed by atoms with van der Waals surface area (Å²) < 4.78 is 42.7. The van der Waals surface area contributed by atoms with Gasteiger partial charge in [0.2, 0.25) is 0 Å². The molecular weight excluding hydrogens is 351 g/mol. The standard InChI is InChI=1S/C14H11BrF3NO2/c1-19(13(20)11-6-7-21-12(11)15)8-9-2-4-10(5-3-9)14(16,17)18/h2-7H,8H2,1H3. The Kier molecular flexibility index (Phi) is 4.41. The normalized spacial score (nSPS) is 11.5. The highest BCUT2D eigenvalue weighted by molar-refractivity contribution is 9.10. The van der Waals surface area contributed by atoms with E-state index in [4.69, 9.17) is 4.42 Å². The van der Waals surface area contributed by atoms with Gasteiger partial charge < -0.3 is 9.32 Å². The summed E-state index contributed by atoms with van der Waals surface area (Å²) in [5, 5.41) is 0. The Morgan fingerprint density at radius 3 is 2.33 bits per heavy atom. The molecular formula is C14H11BrF3NO2. The molecule has 1 amide bonds. The Morgan fingerprint density at radius 2 is 1.86 bits per heavy atom. The fraction of sp³-hybridized carbons (Fsp3) is 0.214. The third-order valence-electron chi connectivity index (χ3n) is 2.90. The lowest BCUT2D eigenvalue weighted by Gasteiger charge is -2.17. The van der Waals surface area contributed by atoms with Crippen LogP contribution in [-0.4, -0.2) is 17.9 Å². The maximum atomic E-state index is 12.5. The molecule has 0 aliphatic carbocycles. The van der Waals surface area contributed by atoms with Crippen LogP contribution < -0.4 is 0 Å². The number of carbonyl (C=O) groups excluding carboxylic acids is 1. The number of nitrogens with zero attached hydrogens (tertiary/aromatic N) is 1. The van der Waals surface area contributed by atoms with E-state index in [1.807, 2.05) is 0 Å². The molecule has 0 spiro atoms. The van der Waals surface area contributed by atoms with Crippen LogP contribution >= 0.6 is 15.9 Å². The lowest BCUT2D eigenvalue weighted by molar-refractivity contribution is -0.137. The van der Waals surface area contributed by atoms with E-state index in [2.05, 4.69) is 15.9 Å². The molecule has 1 aromatic carbocycles. The number of halogens is 4. The van der Waals surface area contributed by atoms with E-state index in [1.54, 1.807) is 7.05 Å². The molecule has 0 bridgehead atoms. The zero-order chi connectivity index (χ0) is 15.6. The third kappa shape index (κ3) is 3.66. The van der Waals surface area contributed by atoms with E-state index >= 15 is 0 Å². The van der Waals surface area contributed by atoms with Crippen molar-refractivity contribution in [3.63, 3.8) is 0 Å². The van der Waals surface area contributed by atoms with Crippen LogP contribution in [0.5, 0.6) is 0 Å². The number of amides is 1. The predicted octanol–water partition coefficient (Wildman–Crippen LogP) is 4.33. The zero-order valence-electron chi connectivity index (χ0n) is 10.9. The monoisotopic (exact) mass is 361 g/mol. The zero-order valence-corrected chi connectivity index (χ0v) is 12.5. The number of hydrogen-bond donors (Lipinski definition) is 0. The second-order valence-electron chi connectivity index (χ2n) is 4.46. The maximum absolute atomic E-state index is 12.5. The number of hydrogen-bond acceptors (Lipinski definition) is 2. The van der Waals surface area contributed by atoms with Crippen molar-refractivity contribution in [3.05, 3.63) is 58.0 Å². The molecule has 3 nitrogen and oxygen atoms in total.